The molecule has 1 aliphatic rings. The lowest BCUT2D eigenvalue weighted by Crippen LogP contribution is -2.26. The minimum Gasteiger partial charge on any atom is -0.396 e. The molecule has 0 bridgehead atoms. The molecule has 2 rings (SSSR count). The zero-order valence-corrected chi connectivity index (χ0v) is 13.8. The zero-order valence-electron chi connectivity index (χ0n) is 13.0. The largest absolute Gasteiger partial charge is 0.396 e. The molecule has 0 radical (unpaired) electrons. The molecule has 0 unspecified atom stereocenters. The first-order valence-electron chi connectivity index (χ1n) is 7.45. The number of fused-ring (bicyclic) bond motifs is 1. The molecule has 4 nitrogen and oxygen atoms in total. The number of aromatic nitrogens is 1. The van der Waals surface area contributed by atoms with Crippen LogP contribution in [0.4, 0.5) is 5.82 Å². The number of nitrogens with zero attached hydrogens (tertiary/aromatic N) is 2. The highest BCUT2D eigenvalue weighted by atomic mass is 32.2. The zero-order chi connectivity index (χ0) is 15.5. The van der Waals surface area contributed by atoms with Crippen molar-refractivity contribution < 1.29 is 5.11 Å². The average molecular weight is 305 g/mol. The van der Waals surface area contributed by atoms with Crippen LogP contribution in [0.3, 0.4) is 0 Å². The summed E-state index contributed by atoms with van der Waals surface area (Å²) < 4.78 is 0.160. The first-order chi connectivity index (χ1) is 10.0. The standard InChI is InChI=1S/C16H23N3OS/c1-4-14-13-10-21-16(2,3)8-11(13)12(9-17)15(19-14)18-6-5-7-20/h20H,4-8,10H2,1-3H3,(H,18,19). The molecule has 0 saturated carbocycles. The van der Waals surface area contributed by atoms with Crippen molar-refractivity contribution in [1.29, 1.82) is 5.26 Å². The van der Waals surface area contributed by atoms with Crippen molar-refractivity contribution in [3.8, 4) is 6.07 Å². The van der Waals surface area contributed by atoms with E-state index in [1.807, 2.05) is 11.8 Å². The summed E-state index contributed by atoms with van der Waals surface area (Å²) in [6.07, 6.45) is 2.44. The molecular weight excluding hydrogens is 282 g/mol. The quantitative estimate of drug-likeness (QED) is 0.819. The maximum absolute atomic E-state index is 9.58. The molecule has 1 aromatic heterocycles. The van der Waals surface area contributed by atoms with Crippen LogP contribution in [0.1, 0.15) is 49.6 Å². The molecule has 0 fully saturated rings. The van der Waals surface area contributed by atoms with E-state index in [1.54, 1.807) is 0 Å². The van der Waals surface area contributed by atoms with Crippen molar-refractivity contribution in [2.45, 2.75) is 50.5 Å². The second kappa shape index (κ2) is 6.67. The molecular formula is C16H23N3OS. The topological polar surface area (TPSA) is 68.9 Å². The van der Waals surface area contributed by atoms with E-state index in [-0.39, 0.29) is 11.4 Å². The Morgan fingerprint density at radius 3 is 2.81 bits per heavy atom. The van der Waals surface area contributed by atoms with Gasteiger partial charge in [0.25, 0.3) is 0 Å². The Balaban J connectivity index is 2.46. The van der Waals surface area contributed by atoms with Crippen LogP contribution in [0.15, 0.2) is 0 Å². The van der Waals surface area contributed by atoms with Gasteiger partial charge in [0, 0.05) is 29.3 Å². The van der Waals surface area contributed by atoms with E-state index in [0.717, 1.165) is 24.3 Å². The van der Waals surface area contributed by atoms with Gasteiger partial charge in [-0.05, 0) is 30.4 Å². The van der Waals surface area contributed by atoms with Gasteiger partial charge in [-0.3, -0.25) is 0 Å². The van der Waals surface area contributed by atoms with Crippen LogP contribution >= 0.6 is 11.8 Å². The number of aliphatic hydroxyl groups is 1. The monoisotopic (exact) mass is 305 g/mol. The third-order valence-corrected chi connectivity index (χ3v) is 5.14. The Labute approximate surface area is 131 Å². The second-order valence-corrected chi connectivity index (χ2v) is 7.62. The Morgan fingerprint density at radius 2 is 2.19 bits per heavy atom. The van der Waals surface area contributed by atoms with E-state index in [4.69, 9.17) is 5.11 Å². The molecule has 0 atom stereocenters. The maximum Gasteiger partial charge on any atom is 0.144 e. The lowest BCUT2D eigenvalue weighted by Gasteiger charge is -2.32. The van der Waals surface area contributed by atoms with E-state index in [2.05, 4.69) is 37.1 Å². The van der Waals surface area contributed by atoms with E-state index in [0.29, 0.717) is 24.3 Å². The Bertz CT molecular complexity index is 564. The maximum atomic E-state index is 9.58. The minimum atomic E-state index is 0.143. The van der Waals surface area contributed by atoms with Crippen molar-refractivity contribution >= 4 is 17.6 Å². The fourth-order valence-corrected chi connectivity index (χ4v) is 3.79. The normalized spacial score (nSPS) is 16.1. The van der Waals surface area contributed by atoms with Crippen LogP contribution in [-0.2, 0) is 18.6 Å². The number of hydrogen-bond donors (Lipinski definition) is 2. The van der Waals surface area contributed by atoms with Crippen LogP contribution in [0.5, 0.6) is 0 Å². The van der Waals surface area contributed by atoms with Crippen LogP contribution in [0.25, 0.3) is 0 Å². The number of pyridine rings is 1. The highest BCUT2D eigenvalue weighted by molar-refractivity contribution is 7.99. The summed E-state index contributed by atoms with van der Waals surface area (Å²) in [7, 11) is 0. The first-order valence-corrected chi connectivity index (χ1v) is 8.44. The van der Waals surface area contributed by atoms with Crippen LogP contribution in [0.2, 0.25) is 0 Å². The molecule has 2 N–H and O–H groups in total. The van der Waals surface area contributed by atoms with Crippen molar-refractivity contribution in [3.05, 3.63) is 22.4 Å². The third kappa shape index (κ3) is 3.50. The molecule has 0 aliphatic carbocycles. The summed E-state index contributed by atoms with van der Waals surface area (Å²) in [6, 6.07) is 2.34. The SMILES string of the molecule is CCc1nc(NCCCO)c(C#N)c2c1CSC(C)(C)C2. The molecule has 1 aromatic rings. The lowest BCUT2D eigenvalue weighted by molar-refractivity contribution is 0.292. The van der Waals surface area contributed by atoms with Crippen LogP contribution in [0, 0.1) is 11.3 Å². The Kier molecular flexibility index (Phi) is 5.13. The fourth-order valence-electron chi connectivity index (χ4n) is 2.66. The Morgan fingerprint density at radius 1 is 1.43 bits per heavy atom. The van der Waals surface area contributed by atoms with Gasteiger partial charge in [0.15, 0.2) is 0 Å². The number of nitriles is 1. The van der Waals surface area contributed by atoms with Crippen molar-refractivity contribution in [3.63, 3.8) is 0 Å². The minimum absolute atomic E-state index is 0.143. The van der Waals surface area contributed by atoms with Crippen molar-refractivity contribution in [2.75, 3.05) is 18.5 Å². The summed E-state index contributed by atoms with van der Waals surface area (Å²) >= 11 is 1.94. The molecule has 1 aliphatic heterocycles. The van der Waals surface area contributed by atoms with E-state index >= 15 is 0 Å². The third-order valence-electron chi connectivity index (χ3n) is 3.78. The molecule has 0 spiro atoms. The first kappa shape index (κ1) is 16.1. The van der Waals surface area contributed by atoms with Gasteiger partial charge < -0.3 is 10.4 Å². The van der Waals surface area contributed by atoms with Gasteiger partial charge in [0.2, 0.25) is 0 Å². The van der Waals surface area contributed by atoms with E-state index in [1.165, 1.54) is 11.1 Å². The van der Waals surface area contributed by atoms with Gasteiger partial charge >= 0.3 is 0 Å². The molecule has 114 valence electrons. The second-order valence-electron chi connectivity index (χ2n) is 5.93. The Hall–Kier alpha value is -1.25. The summed E-state index contributed by atoms with van der Waals surface area (Å²) in [6.45, 7) is 7.35. The molecule has 0 amide bonds. The predicted molar refractivity (Wildman–Crippen MR) is 87.6 cm³/mol. The highest BCUT2D eigenvalue weighted by Crippen LogP contribution is 2.41. The number of aliphatic hydroxyl groups excluding tert-OH is 1. The molecule has 21 heavy (non-hydrogen) atoms. The number of anilines is 1. The summed E-state index contributed by atoms with van der Waals surface area (Å²) in [4.78, 5) is 4.67. The van der Waals surface area contributed by atoms with Crippen molar-refractivity contribution in [2.24, 2.45) is 0 Å². The number of aryl methyl sites for hydroxylation is 1. The predicted octanol–water partition coefficient (Wildman–Crippen LogP) is 2.88. The van der Waals surface area contributed by atoms with Crippen LogP contribution in [-0.4, -0.2) is 28.0 Å². The molecule has 5 heteroatoms. The summed E-state index contributed by atoms with van der Waals surface area (Å²) in [5.74, 6) is 1.62. The van der Waals surface area contributed by atoms with Gasteiger partial charge in [-0.1, -0.05) is 20.8 Å². The number of thioether (sulfide) groups is 1. The van der Waals surface area contributed by atoms with Gasteiger partial charge in [0.05, 0.1) is 5.56 Å². The van der Waals surface area contributed by atoms with Crippen molar-refractivity contribution in [1.82, 2.24) is 4.98 Å². The fraction of sp³-hybridized carbons (Fsp3) is 0.625. The van der Waals surface area contributed by atoms with Gasteiger partial charge in [-0.15, -0.1) is 0 Å². The van der Waals surface area contributed by atoms with Crippen LogP contribution < -0.4 is 5.32 Å². The molecule has 2 heterocycles. The van der Waals surface area contributed by atoms with E-state index in [9.17, 15) is 5.26 Å². The lowest BCUT2D eigenvalue weighted by atomic mass is 9.92. The summed E-state index contributed by atoms with van der Waals surface area (Å²) in [5.41, 5.74) is 4.21. The molecule has 0 aromatic carbocycles. The van der Waals surface area contributed by atoms with Gasteiger partial charge in [-0.25, -0.2) is 4.98 Å². The highest BCUT2D eigenvalue weighted by Gasteiger charge is 2.31. The molecule has 0 saturated heterocycles. The number of hydrogen-bond acceptors (Lipinski definition) is 5. The summed E-state index contributed by atoms with van der Waals surface area (Å²) in [5, 5.41) is 21.7. The van der Waals surface area contributed by atoms with Gasteiger partial charge in [-0.2, -0.15) is 17.0 Å². The smallest absolute Gasteiger partial charge is 0.144 e. The average Bonchev–Trinajstić information content (AvgIpc) is 2.45. The van der Waals surface area contributed by atoms with Gasteiger partial charge in [0.1, 0.15) is 11.9 Å². The number of nitrogens with one attached hydrogen (secondary N) is 1. The van der Waals surface area contributed by atoms with E-state index < -0.39 is 0 Å². The number of rotatable bonds is 5.